The maximum absolute atomic E-state index is 11.4. The molecule has 0 saturated heterocycles. The third-order valence-corrected chi connectivity index (χ3v) is 2.14. The number of pyridine rings is 1. The fraction of sp³-hybridized carbons (Fsp3) is 0.333. The van der Waals surface area contributed by atoms with Gasteiger partial charge in [0.25, 0.3) is 5.91 Å². The maximum Gasteiger partial charge on any atom is 0.269 e. The van der Waals surface area contributed by atoms with Crippen molar-refractivity contribution in [1.29, 1.82) is 0 Å². The Labute approximate surface area is 95.3 Å². The molecular formula is C9H11BrN2O3. The molecule has 0 unspecified atom stereocenters. The first-order chi connectivity index (χ1) is 7.13. The highest BCUT2D eigenvalue weighted by molar-refractivity contribution is 9.10. The molecule has 3 N–H and O–H groups in total. The van der Waals surface area contributed by atoms with Gasteiger partial charge in [0, 0.05) is 17.2 Å². The smallest absolute Gasteiger partial charge is 0.269 e. The van der Waals surface area contributed by atoms with Crippen molar-refractivity contribution >= 4 is 21.8 Å². The molecule has 82 valence electrons. The van der Waals surface area contributed by atoms with Gasteiger partial charge in [-0.05, 0) is 28.1 Å². The lowest BCUT2D eigenvalue weighted by molar-refractivity contribution is 0.0799. The van der Waals surface area contributed by atoms with Gasteiger partial charge in [0.05, 0.1) is 12.7 Å². The molecule has 6 heteroatoms. The Hall–Kier alpha value is -0.980. The average Bonchev–Trinajstić information content (AvgIpc) is 2.26. The Bertz CT molecular complexity index is 329. The van der Waals surface area contributed by atoms with Crippen molar-refractivity contribution in [2.75, 3.05) is 13.2 Å². The first-order valence-electron chi connectivity index (χ1n) is 4.32. The number of hydrogen-bond acceptors (Lipinski definition) is 4. The zero-order chi connectivity index (χ0) is 11.3. The van der Waals surface area contributed by atoms with Gasteiger partial charge >= 0.3 is 0 Å². The molecule has 0 aliphatic carbocycles. The predicted octanol–water partition coefficient (Wildman–Crippen LogP) is -0.0729. The van der Waals surface area contributed by atoms with E-state index < -0.39 is 6.10 Å². The zero-order valence-electron chi connectivity index (χ0n) is 7.85. The Morgan fingerprint density at radius 1 is 1.60 bits per heavy atom. The summed E-state index contributed by atoms with van der Waals surface area (Å²) in [4.78, 5) is 15.3. The number of aliphatic hydroxyl groups is 2. The molecule has 1 atom stereocenters. The van der Waals surface area contributed by atoms with Gasteiger partial charge < -0.3 is 15.5 Å². The van der Waals surface area contributed by atoms with Crippen LogP contribution >= 0.6 is 15.9 Å². The molecule has 1 aromatic heterocycles. The largest absolute Gasteiger partial charge is 0.394 e. The minimum absolute atomic E-state index is 0.00702. The van der Waals surface area contributed by atoms with Gasteiger partial charge in [-0.3, -0.25) is 4.79 Å². The molecule has 0 radical (unpaired) electrons. The van der Waals surface area contributed by atoms with Gasteiger partial charge in [0.2, 0.25) is 0 Å². The average molecular weight is 275 g/mol. The Balaban J connectivity index is 2.50. The molecule has 0 aromatic carbocycles. The number of carbonyl (C=O) groups is 1. The van der Waals surface area contributed by atoms with Crippen molar-refractivity contribution in [2.45, 2.75) is 6.10 Å². The topological polar surface area (TPSA) is 82.5 Å². The molecular weight excluding hydrogens is 264 g/mol. The number of halogens is 1. The van der Waals surface area contributed by atoms with Crippen molar-refractivity contribution in [1.82, 2.24) is 10.3 Å². The molecule has 1 heterocycles. The number of nitrogens with one attached hydrogen (secondary N) is 1. The minimum Gasteiger partial charge on any atom is -0.394 e. The summed E-state index contributed by atoms with van der Waals surface area (Å²) < 4.78 is 0.787. The van der Waals surface area contributed by atoms with E-state index in [0.29, 0.717) is 0 Å². The third-order valence-electron chi connectivity index (χ3n) is 1.67. The van der Waals surface area contributed by atoms with Crippen molar-refractivity contribution < 1.29 is 15.0 Å². The van der Waals surface area contributed by atoms with E-state index >= 15 is 0 Å². The van der Waals surface area contributed by atoms with Crippen molar-refractivity contribution in [3.05, 3.63) is 28.5 Å². The van der Waals surface area contributed by atoms with E-state index in [-0.39, 0.29) is 24.8 Å². The second kappa shape index (κ2) is 5.79. The Kier molecular flexibility index (Phi) is 4.67. The predicted molar refractivity (Wildman–Crippen MR) is 57.4 cm³/mol. The fourth-order valence-corrected chi connectivity index (χ4v) is 1.11. The molecule has 0 fully saturated rings. The molecule has 0 aliphatic rings. The van der Waals surface area contributed by atoms with Gasteiger partial charge in [0.15, 0.2) is 0 Å². The van der Waals surface area contributed by atoms with E-state index in [1.807, 2.05) is 0 Å². The van der Waals surface area contributed by atoms with Crippen LogP contribution in [0.2, 0.25) is 0 Å². The Morgan fingerprint density at radius 2 is 2.33 bits per heavy atom. The normalized spacial score (nSPS) is 12.2. The van der Waals surface area contributed by atoms with Crippen LogP contribution in [0.3, 0.4) is 0 Å². The number of carbonyl (C=O) groups excluding carboxylic acids is 1. The highest BCUT2D eigenvalue weighted by Crippen LogP contribution is 2.07. The lowest BCUT2D eigenvalue weighted by atomic mass is 10.3. The fourth-order valence-electron chi connectivity index (χ4n) is 0.876. The highest BCUT2D eigenvalue weighted by atomic mass is 79.9. The van der Waals surface area contributed by atoms with Crippen molar-refractivity contribution in [3.8, 4) is 0 Å². The van der Waals surface area contributed by atoms with Gasteiger partial charge in [-0.2, -0.15) is 0 Å². The quantitative estimate of drug-likeness (QED) is 0.718. The van der Waals surface area contributed by atoms with Crippen LogP contribution in [0.15, 0.2) is 22.8 Å². The first-order valence-corrected chi connectivity index (χ1v) is 5.11. The maximum atomic E-state index is 11.4. The van der Waals surface area contributed by atoms with E-state index in [1.165, 1.54) is 6.20 Å². The van der Waals surface area contributed by atoms with Crippen molar-refractivity contribution in [2.24, 2.45) is 0 Å². The van der Waals surface area contributed by atoms with Gasteiger partial charge in [-0.25, -0.2) is 4.98 Å². The number of nitrogens with zero attached hydrogens (tertiary/aromatic N) is 1. The molecule has 15 heavy (non-hydrogen) atoms. The van der Waals surface area contributed by atoms with E-state index in [1.54, 1.807) is 12.1 Å². The summed E-state index contributed by atoms with van der Waals surface area (Å²) in [6, 6.07) is 3.26. The van der Waals surface area contributed by atoms with E-state index in [4.69, 9.17) is 10.2 Å². The van der Waals surface area contributed by atoms with Crippen LogP contribution in [0.25, 0.3) is 0 Å². The van der Waals surface area contributed by atoms with Crippen LogP contribution in [0.5, 0.6) is 0 Å². The summed E-state index contributed by atoms with van der Waals surface area (Å²) in [5, 5.41) is 20.0. The molecule has 1 rings (SSSR count). The number of aromatic nitrogens is 1. The first kappa shape index (κ1) is 12.1. The van der Waals surface area contributed by atoms with Gasteiger partial charge in [-0.1, -0.05) is 0 Å². The molecule has 0 saturated carbocycles. The van der Waals surface area contributed by atoms with E-state index in [9.17, 15) is 4.79 Å². The molecule has 1 amide bonds. The van der Waals surface area contributed by atoms with Crippen LogP contribution in [-0.2, 0) is 0 Å². The summed E-state index contributed by atoms with van der Waals surface area (Å²) >= 11 is 3.20. The summed E-state index contributed by atoms with van der Waals surface area (Å²) in [6.07, 6.45) is 0.571. The van der Waals surface area contributed by atoms with Gasteiger partial charge in [-0.15, -0.1) is 0 Å². The third kappa shape index (κ3) is 3.94. The summed E-state index contributed by atoms with van der Waals surface area (Å²) in [5.41, 5.74) is 0.267. The second-order valence-corrected chi connectivity index (χ2v) is 3.82. The summed E-state index contributed by atoms with van der Waals surface area (Å²) in [6.45, 7) is -0.374. The van der Waals surface area contributed by atoms with Gasteiger partial charge in [0.1, 0.15) is 5.69 Å². The summed E-state index contributed by atoms with van der Waals surface area (Å²) in [7, 11) is 0. The number of aliphatic hydroxyl groups excluding tert-OH is 2. The highest BCUT2D eigenvalue weighted by Gasteiger charge is 2.08. The van der Waals surface area contributed by atoms with Crippen LogP contribution < -0.4 is 5.32 Å². The number of hydrogen-bond donors (Lipinski definition) is 3. The SMILES string of the molecule is O=C(NC[C@H](O)CO)c1ccc(Br)cn1. The Morgan fingerprint density at radius 3 is 2.87 bits per heavy atom. The van der Waals surface area contributed by atoms with Crippen LogP contribution in [0.4, 0.5) is 0 Å². The molecule has 0 bridgehead atoms. The number of rotatable bonds is 4. The van der Waals surface area contributed by atoms with E-state index in [2.05, 4.69) is 26.2 Å². The molecule has 0 spiro atoms. The molecule has 5 nitrogen and oxygen atoms in total. The van der Waals surface area contributed by atoms with Crippen molar-refractivity contribution in [3.63, 3.8) is 0 Å². The standard InChI is InChI=1S/C9H11BrN2O3/c10-6-1-2-8(11-3-6)9(15)12-4-7(14)5-13/h1-3,7,13-14H,4-5H2,(H,12,15)/t7-/m0/s1. The van der Waals surface area contributed by atoms with Crippen LogP contribution in [0, 0.1) is 0 Å². The molecule has 0 aliphatic heterocycles. The monoisotopic (exact) mass is 274 g/mol. The summed E-state index contributed by atoms with van der Waals surface area (Å²) in [5.74, 6) is -0.380. The lowest BCUT2D eigenvalue weighted by Crippen LogP contribution is -2.34. The van der Waals surface area contributed by atoms with E-state index in [0.717, 1.165) is 4.47 Å². The minimum atomic E-state index is -0.940. The second-order valence-electron chi connectivity index (χ2n) is 2.91. The van der Waals surface area contributed by atoms with Crippen LogP contribution in [-0.4, -0.2) is 40.4 Å². The molecule has 1 aromatic rings. The zero-order valence-corrected chi connectivity index (χ0v) is 9.44. The number of amides is 1. The lowest BCUT2D eigenvalue weighted by Gasteiger charge is -2.08. The van der Waals surface area contributed by atoms with Crippen LogP contribution in [0.1, 0.15) is 10.5 Å².